The summed E-state index contributed by atoms with van der Waals surface area (Å²) in [6.07, 6.45) is 2.41. The van der Waals surface area contributed by atoms with Crippen LogP contribution in [0.15, 0.2) is 22.6 Å². The molecule has 2 heterocycles. The van der Waals surface area contributed by atoms with Gasteiger partial charge in [0.05, 0.1) is 25.4 Å². The van der Waals surface area contributed by atoms with Crippen molar-refractivity contribution in [2.75, 3.05) is 19.8 Å². The fourth-order valence-electron chi connectivity index (χ4n) is 2.93. The minimum Gasteiger partial charge on any atom is -0.493 e. The van der Waals surface area contributed by atoms with E-state index in [0.717, 1.165) is 0 Å². The normalized spacial score (nSPS) is 18.6. The second kappa shape index (κ2) is 5.77. The van der Waals surface area contributed by atoms with Gasteiger partial charge < -0.3 is 24.9 Å². The third-order valence-corrected chi connectivity index (χ3v) is 4.77. The highest BCUT2D eigenvalue weighted by Crippen LogP contribution is 2.32. The Bertz CT molecular complexity index is 849. The highest BCUT2D eigenvalue weighted by molar-refractivity contribution is 6.09. The molecule has 2 aromatic rings. The van der Waals surface area contributed by atoms with E-state index in [0.29, 0.717) is 40.6 Å². The first-order valence-electron chi connectivity index (χ1n) is 8.35. The van der Waals surface area contributed by atoms with Crippen LogP contribution in [0, 0.1) is 12.8 Å². The van der Waals surface area contributed by atoms with Crippen molar-refractivity contribution in [2.45, 2.75) is 25.3 Å². The summed E-state index contributed by atoms with van der Waals surface area (Å²) in [7, 11) is 0. The van der Waals surface area contributed by atoms with Crippen LogP contribution in [-0.2, 0) is 9.53 Å². The third-order valence-electron chi connectivity index (χ3n) is 4.77. The van der Waals surface area contributed by atoms with E-state index in [1.165, 1.54) is 12.8 Å². The first kappa shape index (κ1) is 16.0. The van der Waals surface area contributed by atoms with Crippen molar-refractivity contribution in [2.24, 2.45) is 11.7 Å². The number of fused-ring (bicyclic) bond motifs is 1. The van der Waals surface area contributed by atoms with Crippen LogP contribution in [-0.4, -0.2) is 37.2 Å². The van der Waals surface area contributed by atoms with Gasteiger partial charge in [-0.1, -0.05) is 0 Å². The van der Waals surface area contributed by atoms with Crippen LogP contribution in [0.4, 0.5) is 0 Å². The molecule has 0 bridgehead atoms. The van der Waals surface area contributed by atoms with Crippen LogP contribution in [0.3, 0.4) is 0 Å². The topological polar surface area (TPSA) is 104 Å². The monoisotopic (exact) mass is 344 g/mol. The van der Waals surface area contributed by atoms with E-state index >= 15 is 0 Å². The molecule has 0 radical (unpaired) electrons. The van der Waals surface area contributed by atoms with Gasteiger partial charge in [-0.2, -0.15) is 0 Å². The summed E-state index contributed by atoms with van der Waals surface area (Å²) < 4.78 is 16.5. The highest BCUT2D eigenvalue weighted by Gasteiger charge is 2.46. The predicted molar refractivity (Wildman–Crippen MR) is 89.4 cm³/mol. The molecule has 2 amide bonds. The van der Waals surface area contributed by atoms with E-state index in [2.05, 4.69) is 5.32 Å². The first-order valence-corrected chi connectivity index (χ1v) is 8.35. The van der Waals surface area contributed by atoms with E-state index in [1.54, 1.807) is 19.1 Å². The van der Waals surface area contributed by atoms with Crippen LogP contribution in [0.5, 0.6) is 5.75 Å². The largest absolute Gasteiger partial charge is 0.493 e. The van der Waals surface area contributed by atoms with E-state index < -0.39 is 17.4 Å². The number of nitrogens with one attached hydrogen (secondary N) is 1. The Kier molecular flexibility index (Phi) is 3.68. The summed E-state index contributed by atoms with van der Waals surface area (Å²) in [5, 5.41) is 3.36. The molecule has 3 N–H and O–H groups in total. The number of aryl methyl sites for hydroxylation is 1. The zero-order chi connectivity index (χ0) is 17.6. The fraction of sp³-hybridized carbons (Fsp3) is 0.444. The molecule has 1 aromatic heterocycles. The minimum atomic E-state index is -1.15. The smallest absolute Gasteiger partial charge is 0.256 e. The Hall–Kier alpha value is -2.54. The molecule has 132 valence electrons. The van der Waals surface area contributed by atoms with Crippen LogP contribution < -0.4 is 15.8 Å². The van der Waals surface area contributed by atoms with Crippen molar-refractivity contribution < 1.29 is 23.5 Å². The van der Waals surface area contributed by atoms with E-state index in [-0.39, 0.29) is 13.2 Å². The van der Waals surface area contributed by atoms with Crippen molar-refractivity contribution in [3.05, 3.63) is 29.5 Å². The van der Waals surface area contributed by atoms with Gasteiger partial charge in [-0.15, -0.1) is 0 Å². The lowest BCUT2D eigenvalue weighted by molar-refractivity contribution is -0.143. The minimum absolute atomic E-state index is 0.0820. The maximum Gasteiger partial charge on any atom is 0.256 e. The van der Waals surface area contributed by atoms with Gasteiger partial charge in [0.1, 0.15) is 17.1 Å². The summed E-state index contributed by atoms with van der Waals surface area (Å²) >= 11 is 0. The molecule has 1 aliphatic heterocycles. The average Bonchev–Trinajstić information content (AvgIpc) is 3.29. The molecule has 1 aliphatic carbocycles. The number of rotatable bonds is 6. The molecule has 0 spiro atoms. The highest BCUT2D eigenvalue weighted by atomic mass is 16.5. The third kappa shape index (κ3) is 2.84. The van der Waals surface area contributed by atoms with Gasteiger partial charge in [0.2, 0.25) is 5.91 Å². The molecule has 7 heteroatoms. The number of amides is 2. The van der Waals surface area contributed by atoms with Gasteiger partial charge in [-0.25, -0.2) is 0 Å². The van der Waals surface area contributed by atoms with Gasteiger partial charge in [-0.3, -0.25) is 9.59 Å². The SMILES string of the molecule is Cc1oc2ccc(OCC3CC3)cc2c1C(=O)NC1(C(N)=O)COC1. The lowest BCUT2D eigenvalue weighted by atomic mass is 9.95. The molecular weight excluding hydrogens is 324 g/mol. The van der Waals surface area contributed by atoms with Crippen LogP contribution in [0.1, 0.15) is 29.0 Å². The molecule has 0 unspecified atom stereocenters. The van der Waals surface area contributed by atoms with E-state index in [1.807, 2.05) is 6.07 Å². The second-order valence-electron chi connectivity index (χ2n) is 6.84. The van der Waals surface area contributed by atoms with Crippen molar-refractivity contribution in [3.8, 4) is 5.75 Å². The number of benzene rings is 1. The van der Waals surface area contributed by atoms with Gasteiger partial charge in [0.15, 0.2) is 5.54 Å². The Balaban J connectivity index is 1.62. The number of carbonyl (C=O) groups excluding carboxylic acids is 2. The maximum absolute atomic E-state index is 12.8. The predicted octanol–water partition coefficient (Wildman–Crippen LogP) is 1.51. The van der Waals surface area contributed by atoms with E-state index in [4.69, 9.17) is 19.6 Å². The van der Waals surface area contributed by atoms with Gasteiger partial charge >= 0.3 is 0 Å². The molecule has 1 saturated carbocycles. The first-order chi connectivity index (χ1) is 12.0. The molecule has 25 heavy (non-hydrogen) atoms. The van der Waals surface area contributed by atoms with Crippen molar-refractivity contribution in [1.82, 2.24) is 5.32 Å². The summed E-state index contributed by atoms with van der Waals surface area (Å²) in [6, 6.07) is 5.43. The molecule has 2 fully saturated rings. The number of furan rings is 1. The number of hydrogen-bond acceptors (Lipinski definition) is 5. The second-order valence-corrected chi connectivity index (χ2v) is 6.84. The van der Waals surface area contributed by atoms with Crippen molar-refractivity contribution >= 4 is 22.8 Å². The van der Waals surface area contributed by atoms with Crippen molar-refractivity contribution in [3.63, 3.8) is 0 Å². The van der Waals surface area contributed by atoms with Gasteiger partial charge in [0.25, 0.3) is 5.91 Å². The lowest BCUT2D eigenvalue weighted by Gasteiger charge is -2.38. The number of ether oxygens (including phenoxy) is 2. The molecule has 4 rings (SSSR count). The zero-order valence-corrected chi connectivity index (χ0v) is 14.0. The lowest BCUT2D eigenvalue weighted by Crippen LogP contribution is -2.69. The summed E-state index contributed by atoms with van der Waals surface area (Å²) in [4.78, 5) is 24.4. The van der Waals surface area contributed by atoms with Gasteiger partial charge in [-0.05, 0) is 43.9 Å². The van der Waals surface area contributed by atoms with Crippen LogP contribution >= 0.6 is 0 Å². The Labute approximate surface area is 144 Å². The number of carbonyl (C=O) groups is 2. The van der Waals surface area contributed by atoms with Crippen LogP contribution in [0.2, 0.25) is 0 Å². The molecule has 0 atom stereocenters. The molecule has 2 aliphatic rings. The quantitative estimate of drug-likeness (QED) is 0.827. The summed E-state index contributed by atoms with van der Waals surface area (Å²) in [5.74, 6) is 0.805. The summed E-state index contributed by atoms with van der Waals surface area (Å²) in [6.45, 7) is 2.57. The Morgan fingerprint density at radius 2 is 2.12 bits per heavy atom. The molecule has 7 nitrogen and oxygen atoms in total. The zero-order valence-electron chi connectivity index (χ0n) is 14.0. The molecule has 1 aromatic carbocycles. The standard InChI is InChI=1S/C18H20N2O5/c1-10-15(16(21)20-18(17(19)22)8-23-9-18)13-6-12(4-5-14(13)25-10)24-7-11-2-3-11/h4-6,11H,2-3,7-9H2,1H3,(H2,19,22)(H,20,21). The van der Waals surface area contributed by atoms with Crippen molar-refractivity contribution in [1.29, 1.82) is 0 Å². The van der Waals surface area contributed by atoms with E-state index in [9.17, 15) is 9.59 Å². The molecular formula is C18H20N2O5. The number of nitrogens with two attached hydrogens (primary N) is 1. The van der Waals surface area contributed by atoms with Gasteiger partial charge in [0, 0.05) is 5.39 Å². The average molecular weight is 344 g/mol. The molecule has 1 saturated heterocycles. The fourth-order valence-corrected chi connectivity index (χ4v) is 2.93. The van der Waals surface area contributed by atoms with Crippen LogP contribution in [0.25, 0.3) is 11.0 Å². The Morgan fingerprint density at radius 1 is 1.36 bits per heavy atom. The summed E-state index contributed by atoms with van der Waals surface area (Å²) in [5.41, 5.74) is 5.25. The Morgan fingerprint density at radius 3 is 2.72 bits per heavy atom. The number of primary amides is 1. The maximum atomic E-state index is 12.8. The number of hydrogen-bond donors (Lipinski definition) is 2.